The van der Waals surface area contributed by atoms with Crippen molar-refractivity contribution in [2.45, 2.75) is 6.92 Å². The molecule has 0 aliphatic carbocycles. The van der Waals surface area contributed by atoms with Gasteiger partial charge in [0.05, 0.1) is 11.3 Å². The van der Waals surface area contributed by atoms with E-state index < -0.39 is 0 Å². The van der Waals surface area contributed by atoms with Crippen molar-refractivity contribution >= 4 is 11.6 Å². The van der Waals surface area contributed by atoms with Gasteiger partial charge in [0.1, 0.15) is 6.07 Å². The van der Waals surface area contributed by atoms with E-state index in [1.165, 1.54) is 0 Å². The van der Waals surface area contributed by atoms with Gasteiger partial charge in [-0.1, -0.05) is 23.7 Å². The second-order valence-corrected chi connectivity index (χ2v) is 3.80. The number of nitrogens with zero attached hydrogens (tertiary/aromatic N) is 1. The number of rotatable bonds is 1. The second-order valence-electron chi connectivity index (χ2n) is 3.36. The Bertz CT molecular complexity index is 535. The highest BCUT2D eigenvalue weighted by atomic mass is 35.5. The lowest BCUT2D eigenvalue weighted by molar-refractivity contribution is 1.27. The maximum Gasteiger partial charge on any atom is 0.101 e. The molecule has 0 fully saturated rings. The zero-order valence-electron chi connectivity index (χ0n) is 8.21. The molecule has 1 N–H and O–H groups in total. The van der Waals surface area contributed by atoms with E-state index in [9.17, 15) is 0 Å². The molecule has 1 aromatic carbocycles. The number of aromatic amines is 1. The van der Waals surface area contributed by atoms with Crippen LogP contribution in [0.3, 0.4) is 0 Å². The summed E-state index contributed by atoms with van der Waals surface area (Å²) in [5.41, 5.74) is 3.39. The van der Waals surface area contributed by atoms with Crippen LogP contribution in [-0.4, -0.2) is 4.98 Å². The maximum atomic E-state index is 8.96. The summed E-state index contributed by atoms with van der Waals surface area (Å²) < 4.78 is 0. The van der Waals surface area contributed by atoms with Gasteiger partial charge in [-0.3, -0.25) is 0 Å². The average molecular weight is 217 g/mol. The molecule has 0 bridgehead atoms. The fraction of sp³-hybridized carbons (Fsp3) is 0.0833. The fourth-order valence-corrected chi connectivity index (χ4v) is 1.74. The number of nitriles is 1. The van der Waals surface area contributed by atoms with Gasteiger partial charge in [0, 0.05) is 16.3 Å². The quantitative estimate of drug-likeness (QED) is 0.779. The molecule has 2 aromatic rings. The summed E-state index contributed by atoms with van der Waals surface area (Å²) in [5.74, 6) is 0. The molecule has 1 aromatic heterocycles. The number of H-pyrrole nitrogens is 1. The lowest BCUT2D eigenvalue weighted by Gasteiger charge is -1.99. The lowest BCUT2D eigenvalue weighted by Crippen LogP contribution is -1.81. The monoisotopic (exact) mass is 216 g/mol. The van der Waals surface area contributed by atoms with Gasteiger partial charge >= 0.3 is 0 Å². The third kappa shape index (κ3) is 1.88. The molecule has 15 heavy (non-hydrogen) atoms. The molecular formula is C12H9ClN2. The van der Waals surface area contributed by atoms with Crippen LogP contribution in [0.15, 0.2) is 30.3 Å². The summed E-state index contributed by atoms with van der Waals surface area (Å²) >= 11 is 5.90. The molecule has 2 rings (SSSR count). The van der Waals surface area contributed by atoms with E-state index in [1.807, 2.05) is 37.3 Å². The van der Waals surface area contributed by atoms with Gasteiger partial charge in [-0.25, -0.2) is 0 Å². The van der Waals surface area contributed by atoms with E-state index >= 15 is 0 Å². The molecule has 0 amide bonds. The fourth-order valence-electron chi connectivity index (χ4n) is 1.55. The summed E-state index contributed by atoms with van der Waals surface area (Å²) in [7, 11) is 0. The molecule has 0 saturated carbocycles. The Morgan fingerprint density at radius 3 is 2.80 bits per heavy atom. The number of aryl methyl sites for hydroxylation is 1. The van der Waals surface area contributed by atoms with Gasteiger partial charge in [-0.2, -0.15) is 5.26 Å². The zero-order chi connectivity index (χ0) is 10.8. The van der Waals surface area contributed by atoms with Crippen molar-refractivity contribution in [3.8, 4) is 17.3 Å². The molecular weight excluding hydrogens is 208 g/mol. The first-order valence-electron chi connectivity index (χ1n) is 4.56. The van der Waals surface area contributed by atoms with Gasteiger partial charge in [0.25, 0.3) is 0 Å². The molecule has 0 atom stereocenters. The summed E-state index contributed by atoms with van der Waals surface area (Å²) in [6.45, 7) is 1.93. The Hall–Kier alpha value is -1.72. The Balaban J connectivity index is 2.59. The smallest absolute Gasteiger partial charge is 0.101 e. The van der Waals surface area contributed by atoms with E-state index in [-0.39, 0.29) is 0 Å². The first-order chi connectivity index (χ1) is 7.20. The summed E-state index contributed by atoms with van der Waals surface area (Å²) in [5, 5.41) is 9.63. The number of hydrogen-bond donors (Lipinski definition) is 1. The van der Waals surface area contributed by atoms with Crippen LogP contribution in [0.2, 0.25) is 5.02 Å². The SMILES string of the molecule is Cc1cc(C#N)c(-c2cccc(Cl)c2)[nH]1. The second kappa shape index (κ2) is 3.80. The normalized spacial score (nSPS) is 9.93. The Kier molecular flexibility index (Phi) is 2.49. The van der Waals surface area contributed by atoms with Gasteiger partial charge < -0.3 is 4.98 Å². The zero-order valence-corrected chi connectivity index (χ0v) is 8.97. The summed E-state index contributed by atoms with van der Waals surface area (Å²) in [6, 6.07) is 11.4. The van der Waals surface area contributed by atoms with Crippen molar-refractivity contribution in [3.63, 3.8) is 0 Å². The average Bonchev–Trinajstić information content (AvgIpc) is 2.59. The summed E-state index contributed by atoms with van der Waals surface area (Å²) in [4.78, 5) is 3.16. The highest BCUT2D eigenvalue weighted by Gasteiger charge is 2.07. The van der Waals surface area contributed by atoms with Crippen molar-refractivity contribution in [2.24, 2.45) is 0 Å². The van der Waals surface area contributed by atoms with Crippen LogP contribution in [0, 0.1) is 18.3 Å². The molecule has 0 aliphatic rings. The van der Waals surface area contributed by atoms with Crippen molar-refractivity contribution in [1.82, 2.24) is 4.98 Å². The first kappa shape index (κ1) is 9.82. The molecule has 1 heterocycles. The van der Waals surface area contributed by atoms with Crippen LogP contribution in [0.5, 0.6) is 0 Å². The third-order valence-electron chi connectivity index (χ3n) is 2.19. The number of nitrogens with one attached hydrogen (secondary N) is 1. The predicted molar refractivity (Wildman–Crippen MR) is 60.7 cm³/mol. The van der Waals surface area contributed by atoms with Crippen molar-refractivity contribution in [1.29, 1.82) is 5.26 Å². The Labute approximate surface area is 93.1 Å². The Morgan fingerprint density at radius 2 is 2.13 bits per heavy atom. The molecule has 0 unspecified atom stereocenters. The van der Waals surface area contributed by atoms with Crippen LogP contribution < -0.4 is 0 Å². The minimum atomic E-state index is 0.648. The van der Waals surface area contributed by atoms with Crippen molar-refractivity contribution in [3.05, 3.63) is 46.6 Å². The molecule has 0 aliphatic heterocycles. The van der Waals surface area contributed by atoms with Crippen LogP contribution in [0.1, 0.15) is 11.3 Å². The predicted octanol–water partition coefficient (Wildman–Crippen LogP) is 3.52. The van der Waals surface area contributed by atoms with Crippen LogP contribution >= 0.6 is 11.6 Å². The standard InChI is InChI=1S/C12H9ClN2/c1-8-5-10(7-14)12(15-8)9-3-2-4-11(13)6-9/h2-6,15H,1H3. The van der Waals surface area contributed by atoms with E-state index in [4.69, 9.17) is 16.9 Å². The van der Waals surface area contributed by atoms with Gasteiger partial charge in [-0.15, -0.1) is 0 Å². The molecule has 74 valence electrons. The highest BCUT2D eigenvalue weighted by molar-refractivity contribution is 6.30. The van der Waals surface area contributed by atoms with Crippen molar-refractivity contribution < 1.29 is 0 Å². The lowest BCUT2D eigenvalue weighted by atomic mass is 10.1. The molecule has 2 nitrogen and oxygen atoms in total. The number of hydrogen-bond acceptors (Lipinski definition) is 1. The van der Waals surface area contributed by atoms with Crippen molar-refractivity contribution in [2.75, 3.05) is 0 Å². The van der Waals surface area contributed by atoms with Gasteiger partial charge in [-0.05, 0) is 25.1 Å². The first-order valence-corrected chi connectivity index (χ1v) is 4.94. The molecule has 3 heteroatoms. The number of benzene rings is 1. The van der Waals surface area contributed by atoms with Crippen LogP contribution in [-0.2, 0) is 0 Å². The maximum absolute atomic E-state index is 8.96. The van der Waals surface area contributed by atoms with Crippen LogP contribution in [0.4, 0.5) is 0 Å². The van der Waals surface area contributed by atoms with E-state index in [2.05, 4.69) is 11.1 Å². The third-order valence-corrected chi connectivity index (χ3v) is 2.42. The van der Waals surface area contributed by atoms with E-state index in [1.54, 1.807) is 0 Å². The van der Waals surface area contributed by atoms with Gasteiger partial charge in [0.2, 0.25) is 0 Å². The van der Waals surface area contributed by atoms with E-state index in [0.717, 1.165) is 17.0 Å². The topological polar surface area (TPSA) is 39.6 Å². The minimum Gasteiger partial charge on any atom is -0.358 e. The number of halogens is 1. The van der Waals surface area contributed by atoms with Gasteiger partial charge in [0.15, 0.2) is 0 Å². The molecule has 0 spiro atoms. The molecule has 0 saturated heterocycles. The highest BCUT2D eigenvalue weighted by Crippen LogP contribution is 2.25. The number of aromatic nitrogens is 1. The van der Waals surface area contributed by atoms with E-state index in [0.29, 0.717) is 10.6 Å². The summed E-state index contributed by atoms with van der Waals surface area (Å²) in [6.07, 6.45) is 0. The minimum absolute atomic E-state index is 0.648. The van der Waals surface area contributed by atoms with Crippen LogP contribution in [0.25, 0.3) is 11.3 Å². The molecule has 0 radical (unpaired) electrons. The largest absolute Gasteiger partial charge is 0.358 e. The Morgan fingerprint density at radius 1 is 1.33 bits per heavy atom.